The first-order valence-corrected chi connectivity index (χ1v) is 32.1. The van der Waals surface area contributed by atoms with E-state index in [0.29, 0.717) is 0 Å². The lowest BCUT2D eigenvalue weighted by atomic mass is 9.90. The Bertz CT molecular complexity index is 1720. The molecule has 0 N–H and O–H groups in total. The first-order chi connectivity index (χ1) is 35.5. The zero-order valence-electron chi connectivity index (χ0n) is 48.8. The van der Waals surface area contributed by atoms with Gasteiger partial charge in [0.1, 0.15) is 0 Å². The number of unbranched alkanes of at least 4 members (excludes halogenated alkanes) is 34. The molecule has 0 aromatic heterocycles. The van der Waals surface area contributed by atoms with Crippen LogP contribution in [0.4, 0.5) is 0 Å². The van der Waals surface area contributed by atoms with Gasteiger partial charge in [0, 0.05) is 22.3 Å². The minimum Gasteiger partial charge on any atom is -0.493 e. The van der Waals surface area contributed by atoms with Gasteiger partial charge in [-0.15, -0.1) is 0 Å². The average Bonchev–Trinajstić information content (AvgIpc) is 3.67. The minimum absolute atomic E-state index is 1.01. The summed E-state index contributed by atoms with van der Waals surface area (Å²) in [4.78, 5) is 0. The summed E-state index contributed by atoms with van der Waals surface area (Å²) in [6.07, 6.45) is 67.1. The van der Waals surface area contributed by atoms with Crippen molar-refractivity contribution < 1.29 is 4.70 Å². The molecule has 1 aliphatic rings. The molecule has 0 spiro atoms. The zero-order valence-corrected chi connectivity index (χ0v) is 48.8. The Morgan fingerprint density at radius 3 is 0.958 bits per heavy atom. The van der Waals surface area contributed by atoms with E-state index in [1.54, 1.807) is 4.70 Å². The lowest BCUT2D eigenvalue weighted by Gasteiger charge is -2.14. The number of rotatable bonds is 48. The van der Waals surface area contributed by atoms with E-state index in [2.05, 4.69) is 102 Å². The van der Waals surface area contributed by atoms with Gasteiger partial charge in [0.05, 0.1) is 0 Å². The average molecular weight is 986 g/mol. The fraction of sp³-hybridized carbons (Fsp3) is 0.714. The van der Waals surface area contributed by atoms with Crippen molar-refractivity contribution >= 4 is 23.5 Å². The molecule has 0 atom stereocenters. The number of benzene rings is 2. The molecule has 0 saturated heterocycles. The van der Waals surface area contributed by atoms with E-state index < -0.39 is 0 Å². The topological polar surface area (TPSA) is 25.3 Å². The molecule has 3 rings (SSSR count). The van der Waals surface area contributed by atoms with Crippen molar-refractivity contribution in [3.8, 4) is 0 Å². The van der Waals surface area contributed by atoms with Gasteiger partial charge < -0.3 is 5.53 Å². The van der Waals surface area contributed by atoms with E-state index in [9.17, 15) is 5.53 Å². The third-order valence-electron chi connectivity index (χ3n) is 15.7. The zero-order chi connectivity index (χ0) is 51.5. The van der Waals surface area contributed by atoms with E-state index in [1.807, 2.05) is 0 Å². The van der Waals surface area contributed by atoms with Crippen molar-refractivity contribution in [2.75, 3.05) is 0 Å². The minimum atomic E-state index is 1.01. The first kappa shape index (κ1) is 63.3. The van der Waals surface area contributed by atoms with Crippen LogP contribution < -0.4 is 0 Å². The highest BCUT2D eigenvalue weighted by atomic mass is 15.2. The number of nitrogens with zero attached hydrogens (tertiary/aromatic N) is 2. The molecule has 2 nitrogen and oxygen atoms in total. The lowest BCUT2D eigenvalue weighted by molar-refractivity contribution is -0.345. The van der Waals surface area contributed by atoms with E-state index in [-0.39, 0.29) is 0 Å². The molecule has 2 aromatic rings. The molecule has 0 amide bonds. The van der Waals surface area contributed by atoms with Crippen LogP contribution in [0.2, 0.25) is 0 Å². The van der Waals surface area contributed by atoms with Gasteiger partial charge in [0.2, 0.25) is 11.4 Å². The fourth-order valence-corrected chi connectivity index (χ4v) is 11.2. The van der Waals surface area contributed by atoms with Crippen molar-refractivity contribution in [2.24, 2.45) is 0 Å². The first-order valence-electron chi connectivity index (χ1n) is 32.1. The van der Waals surface area contributed by atoms with E-state index in [4.69, 9.17) is 0 Å². The molecule has 1 heterocycles. The molecular formula is C70H116N2. The molecule has 0 fully saturated rings. The molecule has 2 aromatic carbocycles. The molecular weight excluding hydrogens is 869 g/mol. The summed E-state index contributed by atoms with van der Waals surface area (Å²) in [5.74, 6) is 0. The largest absolute Gasteiger partial charge is 0.493 e. The maximum atomic E-state index is 12.9. The van der Waals surface area contributed by atoms with Gasteiger partial charge in [0.15, 0.2) is 0 Å². The van der Waals surface area contributed by atoms with Crippen LogP contribution in [0.15, 0.2) is 59.7 Å². The van der Waals surface area contributed by atoms with Gasteiger partial charge in [0.25, 0.3) is 0 Å². The SMILES string of the molecule is CCCCCCCCCCCCCCCC=Cc1cc(C=CCCCCCCCCCCCCCCC)cc(C2=C(CCCCCCCC)C(CCCC)=C(c3cc(CCCC)cc(CCCC)c3)[N+]2=[N-])c1. The van der Waals surface area contributed by atoms with Gasteiger partial charge in [-0.05, 0) is 130 Å². The van der Waals surface area contributed by atoms with Gasteiger partial charge in [-0.2, -0.15) is 0 Å². The lowest BCUT2D eigenvalue weighted by Crippen LogP contribution is -2.05. The Morgan fingerprint density at radius 2 is 0.597 bits per heavy atom. The van der Waals surface area contributed by atoms with Crippen LogP contribution in [0.25, 0.3) is 29.1 Å². The third kappa shape index (κ3) is 27.5. The van der Waals surface area contributed by atoms with Crippen LogP contribution >= 0.6 is 0 Å². The van der Waals surface area contributed by atoms with Crippen molar-refractivity contribution in [1.29, 1.82) is 0 Å². The second kappa shape index (κ2) is 43.3. The second-order valence-corrected chi connectivity index (χ2v) is 22.6. The Hall–Kier alpha value is -3.00. The van der Waals surface area contributed by atoms with Gasteiger partial charge in [-0.3, -0.25) is 0 Å². The van der Waals surface area contributed by atoms with Gasteiger partial charge in [-0.1, -0.05) is 277 Å². The number of allylic oxidation sites excluding steroid dienone is 4. The Kier molecular flexibility index (Phi) is 38.0. The molecule has 2 heteroatoms. The molecule has 0 radical (unpaired) electrons. The number of hydrogen-bond acceptors (Lipinski definition) is 0. The van der Waals surface area contributed by atoms with Crippen LogP contribution in [0.5, 0.6) is 0 Å². The summed E-state index contributed by atoms with van der Waals surface area (Å²) in [5, 5.41) is 0. The van der Waals surface area contributed by atoms with Crippen LogP contribution in [0, 0.1) is 0 Å². The molecule has 0 saturated carbocycles. The normalized spacial score (nSPS) is 13.2. The molecule has 0 bridgehead atoms. The Balaban J connectivity index is 1.87. The molecule has 0 unspecified atom stereocenters. The highest BCUT2D eigenvalue weighted by Gasteiger charge is 2.35. The van der Waals surface area contributed by atoms with E-state index >= 15 is 0 Å². The molecule has 1 aliphatic heterocycles. The van der Waals surface area contributed by atoms with Crippen LogP contribution in [0.3, 0.4) is 0 Å². The second-order valence-electron chi connectivity index (χ2n) is 22.6. The Morgan fingerprint density at radius 1 is 0.306 bits per heavy atom. The van der Waals surface area contributed by atoms with Gasteiger partial charge in [-0.25, -0.2) is 4.70 Å². The number of hydrogen-bond donors (Lipinski definition) is 0. The maximum Gasteiger partial charge on any atom is 0.211 e. The quantitative estimate of drug-likeness (QED) is 0.0466. The molecule has 406 valence electrons. The summed E-state index contributed by atoms with van der Waals surface area (Å²) in [6.45, 7) is 13.9. The van der Waals surface area contributed by atoms with E-state index in [1.165, 1.54) is 276 Å². The highest BCUT2D eigenvalue weighted by Crippen LogP contribution is 2.45. The third-order valence-corrected chi connectivity index (χ3v) is 15.7. The summed E-state index contributed by atoms with van der Waals surface area (Å²) < 4.78 is 1.68. The van der Waals surface area contributed by atoms with Crippen LogP contribution in [0.1, 0.15) is 345 Å². The van der Waals surface area contributed by atoms with E-state index in [0.717, 1.165) is 62.8 Å². The fourth-order valence-electron chi connectivity index (χ4n) is 11.2. The summed E-state index contributed by atoms with van der Waals surface area (Å²) in [5.41, 5.74) is 25.5. The van der Waals surface area contributed by atoms with Crippen molar-refractivity contribution in [3.05, 3.63) is 98.6 Å². The maximum absolute atomic E-state index is 12.9. The molecule has 0 aliphatic carbocycles. The van der Waals surface area contributed by atoms with Crippen LogP contribution in [-0.4, -0.2) is 4.70 Å². The highest BCUT2D eigenvalue weighted by molar-refractivity contribution is 5.83. The van der Waals surface area contributed by atoms with Crippen molar-refractivity contribution in [2.45, 2.75) is 324 Å². The van der Waals surface area contributed by atoms with Gasteiger partial charge >= 0.3 is 0 Å². The Labute approximate surface area is 448 Å². The summed E-state index contributed by atoms with van der Waals surface area (Å²) in [6, 6.07) is 14.5. The van der Waals surface area contributed by atoms with Crippen LogP contribution in [-0.2, 0) is 12.8 Å². The number of aryl methyl sites for hydroxylation is 2. The monoisotopic (exact) mass is 985 g/mol. The predicted molar refractivity (Wildman–Crippen MR) is 324 cm³/mol. The molecule has 72 heavy (non-hydrogen) atoms. The summed E-state index contributed by atoms with van der Waals surface area (Å²) >= 11 is 0. The predicted octanol–water partition coefficient (Wildman–Crippen LogP) is 24.5. The summed E-state index contributed by atoms with van der Waals surface area (Å²) in [7, 11) is 0. The smallest absolute Gasteiger partial charge is 0.211 e. The standard InChI is InChI=1S/C70H116N2/c1-7-13-19-22-25-27-29-31-33-35-37-39-41-43-46-51-63-56-64(52-47-44-42-40-38-36-34-32-30-28-26-23-20-14-8-2)60-66(59-63)70-68(54-48-45-24-21-15-9-3)67(53-18-12-6)69(72(70)71)65-57-61(49-16-10-4)55-62(58-65)50-17-11-5/h46-47,51-52,55-60H,7-45,48-50,53-54H2,1-6H3. The van der Waals surface area contributed by atoms with Crippen molar-refractivity contribution in [1.82, 2.24) is 0 Å². The van der Waals surface area contributed by atoms with Crippen molar-refractivity contribution in [3.63, 3.8) is 0 Å².